The van der Waals surface area contributed by atoms with Gasteiger partial charge in [-0.2, -0.15) is 0 Å². The molecule has 0 aromatic heterocycles. The summed E-state index contributed by atoms with van der Waals surface area (Å²) in [6.45, 7) is 0. The molecule has 0 radical (unpaired) electrons. The van der Waals surface area contributed by atoms with Gasteiger partial charge in [0.25, 0.3) is 0 Å². The number of hydrogen-bond donors (Lipinski definition) is 0. The second-order valence-electron chi connectivity index (χ2n) is 19.9. The van der Waals surface area contributed by atoms with Gasteiger partial charge in [0, 0.05) is 0 Å². The van der Waals surface area contributed by atoms with Crippen LogP contribution in [0.5, 0.6) is 0 Å². The summed E-state index contributed by atoms with van der Waals surface area (Å²) in [7, 11) is 0. The van der Waals surface area contributed by atoms with Crippen LogP contribution in [0.4, 0.5) is 0 Å². The molecule has 0 spiro atoms. The van der Waals surface area contributed by atoms with Crippen LogP contribution in [0, 0.1) is 0 Å². The van der Waals surface area contributed by atoms with Crippen molar-refractivity contribution in [3.05, 3.63) is 279 Å². The molecule has 0 bridgehead atoms. The van der Waals surface area contributed by atoms with E-state index in [2.05, 4.69) is 279 Å². The minimum absolute atomic E-state index is 1.20. The molecule has 0 aliphatic carbocycles. The molecule has 0 fully saturated rings. The normalized spacial score (nSPS) is 11.8. The van der Waals surface area contributed by atoms with Crippen molar-refractivity contribution in [2.24, 2.45) is 0 Å². The SMILES string of the molecule is c1cc(-c2cccc3cc(-c4ccc5c(-c6c7ccccc7c(-c7ccc8ccccc8c7)c7ccccc67)cccc5c4)ccc23)cc(-c2c3ccccc3c(-c3ccc4ccccc4c3)c3ccccc23)c1. The van der Waals surface area contributed by atoms with Crippen molar-refractivity contribution >= 4 is 86.2 Å². The smallest absolute Gasteiger partial charge is 0.00201 e. The lowest BCUT2D eigenvalue weighted by Crippen LogP contribution is -1.92. The first-order chi connectivity index (χ1) is 36.7. The van der Waals surface area contributed by atoms with Gasteiger partial charge in [0.05, 0.1) is 0 Å². The van der Waals surface area contributed by atoms with Crippen LogP contribution in [0.1, 0.15) is 0 Å². The molecule has 0 N–H and O–H groups in total. The van der Waals surface area contributed by atoms with Crippen molar-refractivity contribution in [3.63, 3.8) is 0 Å². The molecule has 0 unspecified atom stereocenters. The molecule has 0 atom stereocenters. The number of fused-ring (bicyclic) bond motifs is 8. The van der Waals surface area contributed by atoms with Crippen LogP contribution in [0.25, 0.3) is 153 Å². The molecule has 15 rings (SSSR count). The third-order valence-corrected chi connectivity index (χ3v) is 15.8. The minimum atomic E-state index is 1.20. The third kappa shape index (κ3) is 6.77. The first-order valence-electron chi connectivity index (χ1n) is 25.7. The van der Waals surface area contributed by atoms with Gasteiger partial charge in [0.1, 0.15) is 0 Å². The summed E-state index contributed by atoms with van der Waals surface area (Å²) < 4.78 is 0. The van der Waals surface area contributed by atoms with E-state index in [0.29, 0.717) is 0 Å². The summed E-state index contributed by atoms with van der Waals surface area (Å²) in [4.78, 5) is 0. The molecular formula is C74H46. The van der Waals surface area contributed by atoms with Crippen LogP contribution in [0.15, 0.2) is 279 Å². The van der Waals surface area contributed by atoms with Crippen molar-refractivity contribution in [1.82, 2.24) is 0 Å². The summed E-state index contributed by atoms with van der Waals surface area (Å²) in [6.07, 6.45) is 0. The highest BCUT2D eigenvalue weighted by molar-refractivity contribution is 6.25. The Bertz CT molecular complexity index is 4670. The Morgan fingerprint density at radius 2 is 0.446 bits per heavy atom. The van der Waals surface area contributed by atoms with Gasteiger partial charge in [-0.15, -0.1) is 0 Å². The average molecular weight is 935 g/mol. The zero-order chi connectivity index (χ0) is 48.7. The molecule has 15 aromatic rings. The van der Waals surface area contributed by atoms with E-state index in [4.69, 9.17) is 0 Å². The first kappa shape index (κ1) is 42.1. The lowest BCUT2D eigenvalue weighted by atomic mass is 9.84. The minimum Gasteiger partial charge on any atom is -0.0616 e. The average Bonchev–Trinajstić information content (AvgIpc) is 3.48. The Morgan fingerprint density at radius 1 is 0.135 bits per heavy atom. The molecule has 74 heavy (non-hydrogen) atoms. The van der Waals surface area contributed by atoms with E-state index in [1.165, 1.54) is 153 Å². The van der Waals surface area contributed by atoms with Gasteiger partial charge in [-0.05, 0) is 183 Å². The highest BCUT2D eigenvalue weighted by atomic mass is 14.2. The molecule has 0 aliphatic heterocycles. The molecule has 0 amide bonds. The predicted octanol–water partition coefficient (Wildman–Crippen LogP) is 20.9. The van der Waals surface area contributed by atoms with Crippen LogP contribution < -0.4 is 0 Å². The lowest BCUT2D eigenvalue weighted by molar-refractivity contribution is 1.63. The monoisotopic (exact) mass is 934 g/mol. The van der Waals surface area contributed by atoms with E-state index in [-0.39, 0.29) is 0 Å². The maximum absolute atomic E-state index is 2.40. The van der Waals surface area contributed by atoms with Crippen molar-refractivity contribution in [1.29, 1.82) is 0 Å². The summed E-state index contributed by atoms with van der Waals surface area (Å²) >= 11 is 0. The topological polar surface area (TPSA) is 0 Å². The predicted molar refractivity (Wildman–Crippen MR) is 319 cm³/mol. The molecule has 15 aromatic carbocycles. The number of hydrogen-bond acceptors (Lipinski definition) is 0. The summed E-state index contributed by atoms with van der Waals surface area (Å²) in [5.41, 5.74) is 14.9. The largest absolute Gasteiger partial charge is 0.0616 e. The van der Waals surface area contributed by atoms with E-state index < -0.39 is 0 Å². The van der Waals surface area contributed by atoms with Gasteiger partial charge >= 0.3 is 0 Å². The zero-order valence-electron chi connectivity index (χ0n) is 40.6. The lowest BCUT2D eigenvalue weighted by Gasteiger charge is -2.19. The second-order valence-corrected chi connectivity index (χ2v) is 19.9. The van der Waals surface area contributed by atoms with Crippen LogP contribution in [0.3, 0.4) is 0 Å². The van der Waals surface area contributed by atoms with Gasteiger partial charge in [0.2, 0.25) is 0 Å². The van der Waals surface area contributed by atoms with Crippen molar-refractivity contribution in [3.8, 4) is 66.8 Å². The van der Waals surface area contributed by atoms with Crippen LogP contribution in [-0.4, -0.2) is 0 Å². The first-order valence-corrected chi connectivity index (χ1v) is 25.7. The van der Waals surface area contributed by atoms with Crippen LogP contribution >= 0.6 is 0 Å². The molecular weight excluding hydrogens is 889 g/mol. The highest BCUT2D eigenvalue weighted by Crippen LogP contribution is 2.48. The second kappa shape index (κ2) is 17.0. The van der Waals surface area contributed by atoms with E-state index in [0.717, 1.165) is 0 Å². The molecule has 0 nitrogen and oxygen atoms in total. The van der Waals surface area contributed by atoms with Crippen molar-refractivity contribution in [2.75, 3.05) is 0 Å². The third-order valence-electron chi connectivity index (χ3n) is 15.8. The molecule has 0 saturated carbocycles. The number of benzene rings is 15. The molecule has 342 valence electrons. The zero-order valence-corrected chi connectivity index (χ0v) is 40.6. The fraction of sp³-hybridized carbons (Fsp3) is 0. The number of rotatable bonds is 6. The van der Waals surface area contributed by atoms with E-state index >= 15 is 0 Å². The van der Waals surface area contributed by atoms with Gasteiger partial charge in [-0.1, -0.05) is 249 Å². The Balaban J connectivity index is 0.817. The standard InChI is InChI=1S/C74H46/c1-3-18-49-44-57(36-34-47(49)16-1)72-65-26-7-5-24-63(65)71(64-25-6-8-27-66(64)72)56-23-13-20-55(46-56)59-32-14-21-53-42-51(38-40-60(53)59)52-39-41-61-54(43-52)22-15-33-62(61)74-69-30-11-9-28-67(69)73(68-29-10-12-31-70(68)74)58-37-35-48-17-2-4-19-50(48)45-58/h1-46H. The fourth-order valence-corrected chi connectivity index (χ4v) is 12.4. The Kier molecular flexibility index (Phi) is 9.68. The Morgan fingerprint density at radius 3 is 0.905 bits per heavy atom. The van der Waals surface area contributed by atoms with Crippen molar-refractivity contribution in [2.45, 2.75) is 0 Å². The van der Waals surface area contributed by atoms with Gasteiger partial charge in [-0.3, -0.25) is 0 Å². The van der Waals surface area contributed by atoms with Crippen LogP contribution in [0.2, 0.25) is 0 Å². The van der Waals surface area contributed by atoms with E-state index in [1.807, 2.05) is 0 Å². The Labute approximate surface area is 429 Å². The maximum atomic E-state index is 2.40. The van der Waals surface area contributed by atoms with Gasteiger partial charge < -0.3 is 0 Å². The van der Waals surface area contributed by atoms with Gasteiger partial charge in [0.15, 0.2) is 0 Å². The van der Waals surface area contributed by atoms with E-state index in [1.54, 1.807) is 0 Å². The fourth-order valence-electron chi connectivity index (χ4n) is 12.4. The molecule has 0 saturated heterocycles. The highest BCUT2D eigenvalue weighted by Gasteiger charge is 2.20. The van der Waals surface area contributed by atoms with Gasteiger partial charge in [-0.25, -0.2) is 0 Å². The maximum Gasteiger partial charge on any atom is -0.00201 e. The quantitative estimate of drug-likeness (QED) is 0.146. The summed E-state index contributed by atoms with van der Waals surface area (Å²) in [5.74, 6) is 0. The summed E-state index contributed by atoms with van der Waals surface area (Å²) in [5, 5.41) is 20.0. The van der Waals surface area contributed by atoms with Crippen molar-refractivity contribution < 1.29 is 0 Å². The van der Waals surface area contributed by atoms with Crippen LogP contribution in [-0.2, 0) is 0 Å². The molecule has 0 aliphatic rings. The molecule has 0 heterocycles. The summed E-state index contributed by atoms with van der Waals surface area (Å²) in [6, 6.07) is 104. The molecule has 0 heteroatoms. The Hall–Kier alpha value is -9.62. The van der Waals surface area contributed by atoms with E-state index in [9.17, 15) is 0 Å².